The summed E-state index contributed by atoms with van der Waals surface area (Å²) < 4.78 is 15.5. The Morgan fingerprint density at radius 3 is 2.05 bits per heavy atom. The number of aliphatic carboxylic acids is 1. The Hall–Kier alpha value is -4.66. The molecular formula is C30H29NO8. The molecule has 3 aromatic carbocycles. The van der Waals surface area contributed by atoms with Crippen LogP contribution < -0.4 is 5.32 Å². The fourth-order valence-electron chi connectivity index (χ4n) is 4.64. The van der Waals surface area contributed by atoms with E-state index in [2.05, 4.69) is 10.1 Å². The van der Waals surface area contributed by atoms with Gasteiger partial charge in [-0.1, -0.05) is 78.9 Å². The SMILES string of the molecule is COC(=O)CC[C@H](NC(=O)[C@H](Cc1ccccc1)OC(=O)OCC1c2ccccc2-c2ccccc21)C(=O)O. The highest BCUT2D eigenvalue weighted by atomic mass is 16.7. The molecule has 0 aromatic heterocycles. The molecule has 9 heteroatoms. The van der Waals surface area contributed by atoms with Gasteiger partial charge < -0.3 is 24.6 Å². The van der Waals surface area contributed by atoms with Crippen LogP contribution in [-0.2, 0) is 35.0 Å². The molecule has 1 amide bonds. The summed E-state index contributed by atoms with van der Waals surface area (Å²) in [7, 11) is 1.19. The van der Waals surface area contributed by atoms with Gasteiger partial charge in [0, 0.05) is 18.8 Å². The zero-order valence-corrected chi connectivity index (χ0v) is 21.4. The molecule has 1 aliphatic rings. The summed E-state index contributed by atoms with van der Waals surface area (Å²) in [4.78, 5) is 49.0. The summed E-state index contributed by atoms with van der Waals surface area (Å²) in [6, 6.07) is 23.3. The molecule has 0 saturated heterocycles. The third kappa shape index (κ3) is 6.81. The number of carbonyl (C=O) groups is 4. The van der Waals surface area contributed by atoms with Crippen LogP contribution in [0, 0.1) is 0 Å². The third-order valence-electron chi connectivity index (χ3n) is 6.60. The van der Waals surface area contributed by atoms with Crippen molar-refractivity contribution < 1.29 is 38.5 Å². The van der Waals surface area contributed by atoms with Gasteiger partial charge in [0.2, 0.25) is 0 Å². The molecule has 0 aliphatic heterocycles. The third-order valence-corrected chi connectivity index (χ3v) is 6.60. The van der Waals surface area contributed by atoms with Gasteiger partial charge in [0.15, 0.2) is 6.10 Å². The molecule has 39 heavy (non-hydrogen) atoms. The van der Waals surface area contributed by atoms with Gasteiger partial charge in [-0.15, -0.1) is 0 Å². The second-order valence-corrected chi connectivity index (χ2v) is 9.10. The molecule has 2 N–H and O–H groups in total. The maximum atomic E-state index is 13.1. The van der Waals surface area contributed by atoms with Gasteiger partial charge in [-0.2, -0.15) is 0 Å². The Bertz CT molecular complexity index is 1290. The maximum absolute atomic E-state index is 13.1. The van der Waals surface area contributed by atoms with E-state index < -0.39 is 36.1 Å². The van der Waals surface area contributed by atoms with Crippen LogP contribution in [0.4, 0.5) is 4.79 Å². The second-order valence-electron chi connectivity index (χ2n) is 9.10. The number of methoxy groups -OCH3 is 1. The Balaban J connectivity index is 1.45. The van der Waals surface area contributed by atoms with Crippen molar-refractivity contribution in [3.05, 3.63) is 95.6 Å². The molecule has 0 bridgehead atoms. The van der Waals surface area contributed by atoms with E-state index in [1.165, 1.54) is 7.11 Å². The summed E-state index contributed by atoms with van der Waals surface area (Å²) >= 11 is 0. The maximum Gasteiger partial charge on any atom is 0.509 e. The second kappa shape index (κ2) is 12.7. The smallest absolute Gasteiger partial charge is 0.480 e. The molecule has 1 aliphatic carbocycles. The van der Waals surface area contributed by atoms with Crippen molar-refractivity contribution in [1.29, 1.82) is 0 Å². The topological polar surface area (TPSA) is 128 Å². The van der Waals surface area contributed by atoms with Gasteiger partial charge in [-0.05, 0) is 34.2 Å². The number of amides is 1. The Labute approximate surface area is 225 Å². The van der Waals surface area contributed by atoms with E-state index >= 15 is 0 Å². The zero-order valence-electron chi connectivity index (χ0n) is 21.4. The normalized spacial score (nSPS) is 13.4. The van der Waals surface area contributed by atoms with Gasteiger partial charge in [-0.25, -0.2) is 9.59 Å². The van der Waals surface area contributed by atoms with Crippen LogP contribution >= 0.6 is 0 Å². The summed E-state index contributed by atoms with van der Waals surface area (Å²) in [5.41, 5.74) is 4.90. The highest BCUT2D eigenvalue weighted by molar-refractivity contribution is 5.88. The average molecular weight is 532 g/mol. The van der Waals surface area contributed by atoms with Crippen LogP contribution in [-0.4, -0.2) is 55.0 Å². The number of rotatable bonds is 11. The Morgan fingerprint density at radius 2 is 1.46 bits per heavy atom. The van der Waals surface area contributed by atoms with Gasteiger partial charge in [0.05, 0.1) is 7.11 Å². The number of fused-ring (bicyclic) bond motifs is 3. The monoisotopic (exact) mass is 531 g/mol. The van der Waals surface area contributed by atoms with Crippen LogP contribution in [0.5, 0.6) is 0 Å². The molecule has 0 unspecified atom stereocenters. The van der Waals surface area contributed by atoms with E-state index in [-0.39, 0.29) is 31.8 Å². The fourth-order valence-corrected chi connectivity index (χ4v) is 4.64. The quantitative estimate of drug-likeness (QED) is 0.354. The van der Waals surface area contributed by atoms with Crippen LogP contribution in [0.3, 0.4) is 0 Å². The molecule has 4 rings (SSSR count). The first-order valence-electron chi connectivity index (χ1n) is 12.5. The van der Waals surface area contributed by atoms with Gasteiger partial charge in [-0.3, -0.25) is 9.59 Å². The minimum absolute atomic E-state index is 0.000208. The van der Waals surface area contributed by atoms with Crippen molar-refractivity contribution in [1.82, 2.24) is 5.32 Å². The van der Waals surface area contributed by atoms with Crippen molar-refractivity contribution in [2.45, 2.75) is 37.3 Å². The van der Waals surface area contributed by atoms with E-state index in [0.29, 0.717) is 5.56 Å². The largest absolute Gasteiger partial charge is 0.509 e. The molecule has 0 radical (unpaired) electrons. The standard InChI is InChI=1S/C30H29NO8/c1-37-27(32)16-15-25(29(34)35)31-28(33)26(17-19-9-3-2-4-10-19)39-30(36)38-18-24-22-13-7-5-11-20(22)21-12-6-8-14-23(21)24/h2-14,24-26H,15-18H2,1H3,(H,31,33)(H,34,35)/t25-,26-/m0/s1. The van der Waals surface area contributed by atoms with Crippen molar-refractivity contribution in [2.24, 2.45) is 0 Å². The summed E-state index contributed by atoms with van der Waals surface area (Å²) in [6.45, 7) is 0.00339. The fraction of sp³-hybridized carbons (Fsp3) is 0.267. The minimum atomic E-state index is -1.37. The molecule has 3 aromatic rings. The summed E-state index contributed by atoms with van der Waals surface area (Å²) in [6.07, 6.45) is -2.79. The first kappa shape index (κ1) is 27.4. The van der Waals surface area contributed by atoms with Crippen LogP contribution in [0.25, 0.3) is 11.1 Å². The lowest BCUT2D eigenvalue weighted by molar-refractivity contribution is -0.145. The number of hydrogen-bond donors (Lipinski definition) is 2. The average Bonchev–Trinajstić information content (AvgIpc) is 3.27. The molecule has 0 heterocycles. The predicted molar refractivity (Wildman–Crippen MR) is 141 cm³/mol. The van der Waals surface area contributed by atoms with Gasteiger partial charge >= 0.3 is 18.1 Å². The Kier molecular flexibility index (Phi) is 8.94. The van der Waals surface area contributed by atoms with Crippen molar-refractivity contribution in [3.63, 3.8) is 0 Å². The van der Waals surface area contributed by atoms with E-state index in [4.69, 9.17) is 9.47 Å². The number of carboxylic acid groups (broad SMARTS) is 1. The van der Waals surface area contributed by atoms with Crippen molar-refractivity contribution in [2.75, 3.05) is 13.7 Å². The Morgan fingerprint density at radius 1 is 0.872 bits per heavy atom. The first-order chi connectivity index (χ1) is 18.9. The lowest BCUT2D eigenvalue weighted by atomic mass is 9.98. The molecular weight excluding hydrogens is 502 g/mol. The number of nitrogens with one attached hydrogen (secondary N) is 1. The lowest BCUT2D eigenvalue weighted by Gasteiger charge is -2.21. The molecule has 9 nitrogen and oxygen atoms in total. The molecule has 202 valence electrons. The number of hydrogen-bond acceptors (Lipinski definition) is 7. The lowest BCUT2D eigenvalue weighted by Crippen LogP contribution is -2.47. The number of carbonyl (C=O) groups excluding carboxylic acids is 3. The summed E-state index contributed by atoms with van der Waals surface area (Å²) in [5.74, 6) is -2.94. The highest BCUT2D eigenvalue weighted by Crippen LogP contribution is 2.44. The molecule has 2 atom stereocenters. The number of ether oxygens (including phenoxy) is 3. The molecule has 0 fully saturated rings. The number of carboxylic acids is 1. The van der Waals surface area contributed by atoms with Crippen molar-refractivity contribution in [3.8, 4) is 11.1 Å². The van der Waals surface area contributed by atoms with E-state index in [0.717, 1.165) is 22.3 Å². The first-order valence-corrected chi connectivity index (χ1v) is 12.5. The van der Waals surface area contributed by atoms with Crippen LogP contribution in [0.2, 0.25) is 0 Å². The highest BCUT2D eigenvalue weighted by Gasteiger charge is 2.32. The van der Waals surface area contributed by atoms with Gasteiger partial charge in [0.1, 0.15) is 12.6 Å². The van der Waals surface area contributed by atoms with Crippen LogP contribution in [0.1, 0.15) is 35.4 Å². The molecule has 0 saturated carbocycles. The minimum Gasteiger partial charge on any atom is -0.480 e. The van der Waals surface area contributed by atoms with E-state index in [1.807, 2.05) is 48.5 Å². The predicted octanol–water partition coefficient (Wildman–Crippen LogP) is 4.09. The zero-order chi connectivity index (χ0) is 27.8. The van der Waals surface area contributed by atoms with Crippen molar-refractivity contribution >= 4 is 24.0 Å². The summed E-state index contributed by atoms with van der Waals surface area (Å²) in [5, 5.41) is 11.9. The number of esters is 1. The number of benzene rings is 3. The van der Waals surface area contributed by atoms with Crippen LogP contribution in [0.15, 0.2) is 78.9 Å². The van der Waals surface area contributed by atoms with E-state index in [1.54, 1.807) is 30.3 Å². The molecule has 0 spiro atoms. The van der Waals surface area contributed by atoms with E-state index in [9.17, 15) is 24.3 Å². The van der Waals surface area contributed by atoms with Gasteiger partial charge in [0.25, 0.3) is 5.91 Å².